The second-order valence-electron chi connectivity index (χ2n) is 5.90. The predicted octanol–water partition coefficient (Wildman–Crippen LogP) is 6.40. The van der Waals surface area contributed by atoms with Gasteiger partial charge in [-0.15, -0.1) is 0 Å². The van der Waals surface area contributed by atoms with Crippen LogP contribution in [0, 0.1) is 10.1 Å². The van der Waals surface area contributed by atoms with Crippen molar-refractivity contribution in [3.8, 4) is 0 Å². The fourth-order valence-electron chi connectivity index (χ4n) is 2.20. The second kappa shape index (κ2) is 19.1. The molecule has 0 fully saturated rings. The van der Waals surface area contributed by atoms with Crippen molar-refractivity contribution in [3.63, 3.8) is 0 Å². The zero-order valence-electron chi connectivity index (χ0n) is 15.9. The van der Waals surface area contributed by atoms with E-state index in [0.29, 0.717) is 19.3 Å². The molecule has 0 aliphatic carbocycles. The summed E-state index contributed by atoms with van der Waals surface area (Å²) in [7, 11) is 0. The molecule has 1 radical (unpaired) electrons. The summed E-state index contributed by atoms with van der Waals surface area (Å²) in [6.07, 6.45) is 27.9. The number of carbonyl (C=O) groups excluding carboxylic acids is 1. The van der Waals surface area contributed by atoms with Crippen LogP contribution in [-0.2, 0) is 4.79 Å². The highest BCUT2D eigenvalue weighted by Gasteiger charge is 2.06. The molecule has 0 saturated heterocycles. The van der Waals surface area contributed by atoms with Gasteiger partial charge in [-0.2, -0.15) is 0 Å². The molecule has 143 valence electrons. The highest BCUT2D eigenvalue weighted by molar-refractivity contribution is 5.50. The highest BCUT2D eigenvalue weighted by Crippen LogP contribution is 2.07. The first-order valence-corrected chi connectivity index (χ1v) is 9.50. The largest absolute Gasteiger partial charge is 0.291 e. The molecule has 0 heterocycles. The molecular formula is C22H32NO3. The highest BCUT2D eigenvalue weighted by atomic mass is 16.6. The molecule has 4 nitrogen and oxygen atoms in total. The molecule has 0 aromatic heterocycles. The summed E-state index contributed by atoms with van der Waals surface area (Å²) in [6, 6.07) is 0. The van der Waals surface area contributed by atoms with E-state index in [9.17, 15) is 14.9 Å². The average Bonchev–Trinajstić information content (AvgIpc) is 2.63. The zero-order valence-corrected chi connectivity index (χ0v) is 15.9. The maximum atomic E-state index is 11.1. The summed E-state index contributed by atoms with van der Waals surface area (Å²) in [4.78, 5) is 20.8. The van der Waals surface area contributed by atoms with Crippen LogP contribution in [0.5, 0.6) is 0 Å². The third-order valence-electron chi connectivity index (χ3n) is 3.65. The Kier molecular flexibility index (Phi) is 17.5. The van der Waals surface area contributed by atoms with Crippen LogP contribution < -0.4 is 0 Å². The SMILES string of the molecule is CC/C=C/C/C=C/C/C=C/C/C(=C/C/C=C/CCCCC[C]=O)[N+](=O)[O-]. The molecule has 0 aromatic rings. The van der Waals surface area contributed by atoms with Gasteiger partial charge >= 0.3 is 0 Å². The topological polar surface area (TPSA) is 60.2 Å². The van der Waals surface area contributed by atoms with Gasteiger partial charge in [-0.25, -0.2) is 0 Å². The van der Waals surface area contributed by atoms with E-state index in [4.69, 9.17) is 0 Å². The Bertz CT molecular complexity index is 513. The minimum atomic E-state index is -0.306. The molecule has 0 amide bonds. The smallest absolute Gasteiger partial charge is 0.246 e. The van der Waals surface area contributed by atoms with Gasteiger partial charge in [0.15, 0.2) is 6.29 Å². The number of hydrogen-bond donors (Lipinski definition) is 0. The van der Waals surface area contributed by atoms with E-state index in [1.165, 1.54) is 0 Å². The van der Waals surface area contributed by atoms with Gasteiger partial charge in [0.25, 0.3) is 0 Å². The zero-order chi connectivity index (χ0) is 19.3. The first-order valence-electron chi connectivity index (χ1n) is 9.50. The molecule has 0 aliphatic rings. The maximum Gasteiger partial charge on any atom is 0.246 e. The Morgan fingerprint density at radius 2 is 1.54 bits per heavy atom. The summed E-state index contributed by atoms with van der Waals surface area (Å²) in [5.74, 6) is 0. The lowest BCUT2D eigenvalue weighted by Crippen LogP contribution is -1.97. The molecule has 4 heteroatoms. The Labute approximate surface area is 158 Å². The summed E-state index contributed by atoms with van der Waals surface area (Å²) < 4.78 is 0. The second-order valence-corrected chi connectivity index (χ2v) is 5.90. The normalized spacial score (nSPS) is 12.9. The standard InChI is InChI=1S/C22H32NO3/c1-2-3-4-5-6-7-10-13-16-19-22(23(25)26)20-17-14-11-8-9-12-15-18-21-24/h3-4,6-7,11,13-14,16,20H,2,5,8-10,12,15,17-19H2,1H3/b4-3+,7-6+,14-11+,16-13+,22-20-. The van der Waals surface area contributed by atoms with E-state index in [1.807, 2.05) is 30.6 Å². The van der Waals surface area contributed by atoms with E-state index in [-0.39, 0.29) is 10.6 Å². The van der Waals surface area contributed by atoms with Gasteiger partial charge in [0.05, 0.1) is 11.3 Å². The summed E-state index contributed by atoms with van der Waals surface area (Å²) >= 11 is 0. The van der Waals surface area contributed by atoms with Crippen molar-refractivity contribution in [2.45, 2.75) is 71.1 Å². The van der Waals surface area contributed by atoms with Crippen LogP contribution in [0.1, 0.15) is 71.1 Å². The van der Waals surface area contributed by atoms with Crippen LogP contribution in [0.2, 0.25) is 0 Å². The van der Waals surface area contributed by atoms with Gasteiger partial charge in [0.1, 0.15) is 0 Å². The van der Waals surface area contributed by atoms with Crippen LogP contribution in [0.3, 0.4) is 0 Å². The van der Waals surface area contributed by atoms with Crippen molar-refractivity contribution in [2.24, 2.45) is 0 Å². The fourth-order valence-corrected chi connectivity index (χ4v) is 2.20. The Morgan fingerprint density at radius 1 is 0.885 bits per heavy atom. The Balaban J connectivity index is 4.02. The summed E-state index contributed by atoms with van der Waals surface area (Å²) in [5.41, 5.74) is 0.238. The third kappa shape index (κ3) is 16.6. The van der Waals surface area contributed by atoms with Crippen LogP contribution in [0.15, 0.2) is 60.4 Å². The van der Waals surface area contributed by atoms with E-state index >= 15 is 0 Å². The van der Waals surface area contributed by atoms with Crippen molar-refractivity contribution in [1.82, 2.24) is 0 Å². The van der Waals surface area contributed by atoms with Crippen LogP contribution in [-0.4, -0.2) is 11.2 Å². The lowest BCUT2D eigenvalue weighted by atomic mass is 10.1. The van der Waals surface area contributed by atoms with Crippen molar-refractivity contribution in [2.75, 3.05) is 0 Å². The van der Waals surface area contributed by atoms with Gasteiger partial charge in [0, 0.05) is 6.42 Å². The van der Waals surface area contributed by atoms with Crippen molar-refractivity contribution < 1.29 is 9.72 Å². The van der Waals surface area contributed by atoms with Gasteiger partial charge in [-0.05, 0) is 51.0 Å². The number of rotatable bonds is 16. The average molecular weight is 359 g/mol. The minimum Gasteiger partial charge on any atom is -0.291 e. The number of hydrogen-bond acceptors (Lipinski definition) is 3. The van der Waals surface area contributed by atoms with Crippen LogP contribution >= 0.6 is 0 Å². The molecular weight excluding hydrogens is 326 g/mol. The number of allylic oxidation sites excluding steroid dienone is 9. The number of nitro groups is 1. The molecule has 26 heavy (non-hydrogen) atoms. The fraction of sp³-hybridized carbons (Fsp3) is 0.500. The first kappa shape index (κ1) is 23.8. The molecule has 0 unspecified atom stereocenters. The van der Waals surface area contributed by atoms with Gasteiger partial charge in [-0.1, -0.05) is 62.0 Å². The minimum absolute atomic E-state index is 0.238. The van der Waals surface area contributed by atoms with Gasteiger partial charge in [-0.3, -0.25) is 14.9 Å². The molecule has 0 N–H and O–H groups in total. The number of nitrogens with zero attached hydrogens (tertiary/aromatic N) is 1. The van der Waals surface area contributed by atoms with E-state index in [2.05, 4.69) is 31.2 Å². The van der Waals surface area contributed by atoms with Gasteiger partial charge in [0.2, 0.25) is 5.70 Å². The predicted molar refractivity (Wildman–Crippen MR) is 109 cm³/mol. The molecule has 0 aliphatic heterocycles. The molecule has 0 aromatic carbocycles. The maximum absolute atomic E-state index is 11.1. The molecule has 0 saturated carbocycles. The van der Waals surface area contributed by atoms with Crippen molar-refractivity contribution in [3.05, 3.63) is 70.5 Å². The van der Waals surface area contributed by atoms with Crippen molar-refractivity contribution in [1.29, 1.82) is 0 Å². The van der Waals surface area contributed by atoms with E-state index in [0.717, 1.165) is 44.9 Å². The lowest BCUT2D eigenvalue weighted by Gasteiger charge is -1.94. The lowest BCUT2D eigenvalue weighted by molar-refractivity contribution is -0.427. The van der Waals surface area contributed by atoms with Gasteiger partial charge < -0.3 is 0 Å². The van der Waals surface area contributed by atoms with Crippen molar-refractivity contribution >= 4 is 6.29 Å². The monoisotopic (exact) mass is 358 g/mol. The summed E-state index contributed by atoms with van der Waals surface area (Å²) in [6.45, 7) is 2.11. The molecule has 0 spiro atoms. The van der Waals surface area contributed by atoms with Crippen LogP contribution in [0.4, 0.5) is 0 Å². The molecule has 0 atom stereocenters. The molecule has 0 bridgehead atoms. The first-order chi connectivity index (χ1) is 12.7. The van der Waals surface area contributed by atoms with E-state index < -0.39 is 0 Å². The Hall–Kier alpha value is -2.23. The molecule has 0 rings (SSSR count). The Morgan fingerprint density at radius 3 is 2.19 bits per heavy atom. The number of unbranched alkanes of at least 4 members (excludes halogenated alkanes) is 4. The third-order valence-corrected chi connectivity index (χ3v) is 3.65. The quantitative estimate of drug-likeness (QED) is 0.139. The summed E-state index contributed by atoms with van der Waals surface area (Å²) in [5, 5.41) is 11.1. The van der Waals surface area contributed by atoms with Crippen LogP contribution in [0.25, 0.3) is 0 Å². The van der Waals surface area contributed by atoms with E-state index in [1.54, 1.807) is 6.08 Å².